The molecule has 3 aromatic rings. The summed E-state index contributed by atoms with van der Waals surface area (Å²) in [6, 6.07) is 25.5. The minimum atomic E-state index is -1.03. The lowest BCUT2D eigenvalue weighted by Gasteiger charge is -2.27. The van der Waals surface area contributed by atoms with Crippen LogP contribution in [0, 0.1) is 0 Å². The van der Waals surface area contributed by atoms with E-state index >= 15 is 0 Å². The zero-order valence-corrected chi connectivity index (χ0v) is 73.6. The molecule has 3 saturated heterocycles. The SMILES string of the molecule is C=CCCCCCCBr.C=CCCCCCCC(=O)N1C(=O)OC[C@@H]1Cc1ccccc1.C=CCCCCCCC(=O)O.C=CCCCCC[C@H](N=[N+]=[N-])C(=O)N1C(=O)OC[C@@H]1Cc1ccccc1.C=CCCCCC[C@H](NC(=O)OC(C)(C)C)C(=O)N1C(=O)OC[C@@H]1Cc1ccccc1.C=CCCCCC[C@H](NC(=O)OC(C)(C)C)C(=O)O. The summed E-state index contributed by atoms with van der Waals surface area (Å²) in [5, 5.41) is 27.2. The van der Waals surface area contributed by atoms with Crippen LogP contribution in [0.15, 0.2) is 172 Å². The van der Waals surface area contributed by atoms with E-state index in [1.54, 1.807) is 41.5 Å². The maximum Gasteiger partial charge on any atom is 0.417 e. The van der Waals surface area contributed by atoms with Crippen molar-refractivity contribution in [3.63, 3.8) is 0 Å². The molecule has 660 valence electrons. The molecule has 6 atom stereocenters. The van der Waals surface area contributed by atoms with Gasteiger partial charge in [-0.2, -0.15) is 0 Å². The highest BCUT2D eigenvalue weighted by atomic mass is 79.9. The van der Waals surface area contributed by atoms with Crippen LogP contribution in [0.3, 0.4) is 0 Å². The summed E-state index contributed by atoms with van der Waals surface area (Å²) in [7, 11) is 0. The fourth-order valence-corrected chi connectivity index (χ4v) is 12.9. The molecule has 3 aromatic carbocycles. The van der Waals surface area contributed by atoms with Gasteiger partial charge in [0.05, 0.1) is 18.1 Å². The van der Waals surface area contributed by atoms with E-state index in [0.29, 0.717) is 58.0 Å². The molecular formula is C93H139BrN8O17. The maximum absolute atomic E-state index is 13.3. The molecule has 0 bridgehead atoms. The summed E-state index contributed by atoms with van der Waals surface area (Å²) in [5.41, 5.74) is 10.6. The van der Waals surface area contributed by atoms with Crippen molar-refractivity contribution in [3.05, 3.63) is 194 Å². The number of unbranched alkanes of at least 4 members (excludes halogenated alkanes) is 21. The first-order chi connectivity index (χ1) is 57.0. The second-order valence-electron chi connectivity index (χ2n) is 31.2. The number of carbonyl (C=O) groups is 10. The summed E-state index contributed by atoms with van der Waals surface area (Å²) in [5.74, 6) is -2.77. The van der Waals surface area contributed by atoms with E-state index in [9.17, 15) is 47.9 Å². The Morgan fingerprint density at radius 1 is 0.462 bits per heavy atom. The van der Waals surface area contributed by atoms with Gasteiger partial charge in [0.25, 0.3) is 5.91 Å². The second-order valence-corrected chi connectivity index (χ2v) is 32.0. The fraction of sp³-hybridized carbons (Fsp3) is 0.570. The Morgan fingerprint density at radius 3 is 1.12 bits per heavy atom. The Bertz CT molecular complexity index is 3510. The average Bonchev–Trinajstić information content (AvgIpc) is 1.72. The summed E-state index contributed by atoms with van der Waals surface area (Å²) >= 11 is 3.40. The molecular weight excluding hydrogens is 1580 g/mol. The number of alkyl carbamates (subject to hydrolysis) is 2. The molecule has 3 aliphatic heterocycles. The lowest BCUT2D eigenvalue weighted by molar-refractivity contribution is -0.140. The molecule has 0 saturated carbocycles. The number of alkyl halides is 1. The number of rotatable bonds is 50. The Labute approximate surface area is 717 Å². The normalized spacial score (nSPS) is 15.1. The molecule has 8 amide bonds. The van der Waals surface area contributed by atoms with Crippen LogP contribution in [-0.4, -0.2) is 158 Å². The number of carboxylic acid groups (broad SMARTS) is 2. The number of azide groups is 1. The second kappa shape index (κ2) is 66.0. The summed E-state index contributed by atoms with van der Waals surface area (Å²) in [6.45, 7) is 33.0. The number of imide groups is 3. The number of hydrogen-bond acceptors (Lipinski definition) is 16. The van der Waals surface area contributed by atoms with Gasteiger partial charge in [0, 0.05) is 23.1 Å². The Kier molecular flexibility index (Phi) is 59.5. The minimum Gasteiger partial charge on any atom is -0.481 e. The molecule has 25 nitrogen and oxygen atoms in total. The molecule has 0 aromatic heterocycles. The van der Waals surface area contributed by atoms with Crippen LogP contribution in [0.5, 0.6) is 0 Å². The smallest absolute Gasteiger partial charge is 0.417 e. The number of halogens is 1. The van der Waals surface area contributed by atoms with E-state index in [4.69, 9.17) is 39.4 Å². The minimum absolute atomic E-state index is 0.114. The number of aliphatic carboxylic acids is 2. The number of amides is 8. The molecule has 6 rings (SSSR count). The van der Waals surface area contributed by atoms with Crippen LogP contribution in [-0.2, 0) is 66.9 Å². The Balaban J connectivity index is 0.000000743. The fourth-order valence-electron chi connectivity index (χ4n) is 12.5. The predicted molar refractivity (Wildman–Crippen MR) is 474 cm³/mol. The van der Waals surface area contributed by atoms with Gasteiger partial charge in [-0.05, 0) is 199 Å². The van der Waals surface area contributed by atoms with Crippen LogP contribution >= 0.6 is 15.9 Å². The van der Waals surface area contributed by atoms with Crippen LogP contribution in [0.1, 0.15) is 264 Å². The first-order valence-electron chi connectivity index (χ1n) is 42.3. The van der Waals surface area contributed by atoms with E-state index < -0.39 is 89.6 Å². The highest BCUT2D eigenvalue weighted by molar-refractivity contribution is 9.09. The number of hydrogen-bond donors (Lipinski definition) is 4. The predicted octanol–water partition coefficient (Wildman–Crippen LogP) is 22.3. The van der Waals surface area contributed by atoms with E-state index in [1.165, 1.54) is 37.0 Å². The number of benzene rings is 3. The third kappa shape index (κ3) is 52.0. The summed E-state index contributed by atoms with van der Waals surface area (Å²) in [6.07, 6.45) is 39.1. The van der Waals surface area contributed by atoms with Gasteiger partial charge in [-0.25, -0.2) is 43.5 Å². The maximum atomic E-state index is 13.3. The number of nitrogens with one attached hydrogen (secondary N) is 2. The summed E-state index contributed by atoms with van der Waals surface area (Å²) < 4.78 is 25.7. The van der Waals surface area contributed by atoms with E-state index in [-0.39, 0.29) is 31.2 Å². The molecule has 0 radical (unpaired) electrons. The van der Waals surface area contributed by atoms with Gasteiger partial charge in [-0.15, -0.1) is 39.5 Å². The van der Waals surface area contributed by atoms with Crippen molar-refractivity contribution in [2.24, 2.45) is 5.11 Å². The molecule has 3 heterocycles. The van der Waals surface area contributed by atoms with Crippen molar-refractivity contribution in [1.82, 2.24) is 25.3 Å². The molecule has 3 fully saturated rings. The Morgan fingerprint density at radius 2 is 0.773 bits per heavy atom. The van der Waals surface area contributed by atoms with E-state index in [0.717, 1.165) is 173 Å². The van der Waals surface area contributed by atoms with Crippen molar-refractivity contribution < 1.29 is 81.8 Å². The van der Waals surface area contributed by atoms with Gasteiger partial charge < -0.3 is 44.5 Å². The lowest BCUT2D eigenvalue weighted by Crippen LogP contribution is -2.52. The first-order valence-corrected chi connectivity index (χ1v) is 43.5. The molecule has 0 unspecified atom stereocenters. The van der Waals surface area contributed by atoms with Gasteiger partial charge in [-0.3, -0.25) is 19.2 Å². The van der Waals surface area contributed by atoms with Crippen molar-refractivity contribution in [3.8, 4) is 0 Å². The van der Waals surface area contributed by atoms with Gasteiger partial charge in [0.1, 0.15) is 49.1 Å². The van der Waals surface area contributed by atoms with Crippen molar-refractivity contribution in [2.75, 3.05) is 25.2 Å². The summed E-state index contributed by atoms with van der Waals surface area (Å²) in [4.78, 5) is 126. The van der Waals surface area contributed by atoms with Crippen molar-refractivity contribution >= 4 is 76.1 Å². The average molecular weight is 1720 g/mol. The van der Waals surface area contributed by atoms with Crippen molar-refractivity contribution in [2.45, 2.75) is 314 Å². The van der Waals surface area contributed by atoms with Crippen LogP contribution in [0.2, 0.25) is 0 Å². The third-order valence-electron chi connectivity index (χ3n) is 18.6. The number of nitrogens with zero attached hydrogens (tertiary/aromatic N) is 6. The quantitative estimate of drug-likeness (QED) is 0.00776. The van der Waals surface area contributed by atoms with Gasteiger partial charge >= 0.3 is 42.4 Å². The standard InChI is InChI=1S/C24H34N2O5.C19H24N4O3.C19H25NO3.C14H25NO4.C9H16O2.C8H15Br/c1-5-6-7-8-12-15-20(25-22(28)31-24(2,3)4)21(27)26-19(17-30-23(26)29)16-18-13-10-9-11-14-18;1-2-3-4-5-9-12-17(21-22-20)18(24)23-16(14-26-19(23)25)13-15-10-7-6-8-11-15;1-2-3-4-5-6-10-13-18(21)20-17(15-23-19(20)22)14-16-11-8-7-9-12-16;1-5-6-7-8-9-10-11(12(16)17)15-13(18)19-14(2,3)4;1-2-3-4-5-6-7-8-9(10)11;1-2-3-4-5-6-7-8-9/h5,9-11,13-14,19-20H,1,6-8,12,15-17H2,2-4H3,(H,25,28);2,6-8,10-11,16-17H,1,3-5,9,12-14H2;2,7-9,11-12,17H,1,3-6,10,13-15H2;5,11H,1,6-10H2,2-4H3,(H,15,18)(H,16,17);2H,1,3-8H2,(H,10,11);2H,1,3-8H2/t19-,20-;16-,17-;17-;11-;;/m0000../s1. The molecule has 26 heteroatoms. The van der Waals surface area contributed by atoms with E-state index in [1.807, 2.05) is 127 Å². The van der Waals surface area contributed by atoms with Crippen LogP contribution in [0.4, 0.5) is 24.0 Å². The molecule has 3 aliphatic rings. The van der Waals surface area contributed by atoms with Crippen molar-refractivity contribution in [1.29, 1.82) is 0 Å². The zero-order valence-electron chi connectivity index (χ0n) is 72.0. The van der Waals surface area contributed by atoms with Gasteiger partial charge in [0.2, 0.25) is 11.8 Å². The van der Waals surface area contributed by atoms with Gasteiger partial charge in [0.15, 0.2) is 0 Å². The Hall–Kier alpha value is -9.81. The number of cyclic esters (lactones) is 3. The zero-order chi connectivity index (χ0) is 88.5. The van der Waals surface area contributed by atoms with Crippen LogP contribution in [0.25, 0.3) is 10.4 Å². The topological polar surface area (TPSA) is 340 Å². The van der Waals surface area contributed by atoms with Gasteiger partial charge in [-0.1, -0.05) is 226 Å². The molecule has 4 N–H and O–H groups in total. The highest BCUT2D eigenvalue weighted by Gasteiger charge is 2.43. The first kappa shape index (κ1) is 107. The highest BCUT2D eigenvalue weighted by Crippen LogP contribution is 2.25. The lowest BCUT2D eigenvalue weighted by atomic mass is 10.0. The monoisotopic (exact) mass is 1720 g/mol. The number of allylic oxidation sites excluding steroid dienone is 6. The largest absolute Gasteiger partial charge is 0.481 e. The molecule has 0 aliphatic carbocycles. The third-order valence-corrected chi connectivity index (χ3v) is 19.2. The number of carbonyl (C=O) groups excluding carboxylic acids is 8. The number of ether oxygens (including phenoxy) is 5. The number of carboxylic acids is 2. The molecule has 119 heavy (non-hydrogen) atoms. The van der Waals surface area contributed by atoms with E-state index in [2.05, 4.69) is 76.1 Å². The molecule has 0 spiro atoms. The van der Waals surface area contributed by atoms with Crippen LogP contribution < -0.4 is 10.6 Å².